The molecule has 0 radical (unpaired) electrons. The van der Waals surface area contributed by atoms with Crippen LogP contribution in [0.4, 0.5) is 17.1 Å². The van der Waals surface area contributed by atoms with E-state index in [1.165, 1.54) is 103 Å². The van der Waals surface area contributed by atoms with Gasteiger partial charge in [-0.05, 0) is 116 Å². The molecule has 0 saturated heterocycles. The lowest BCUT2D eigenvalue weighted by Gasteiger charge is -2.34. The number of para-hydroxylation sites is 4. The van der Waals surface area contributed by atoms with Crippen LogP contribution in [-0.4, -0.2) is 17.0 Å². The molecule has 4 heteroatoms. The Labute approximate surface area is 442 Å². The highest BCUT2D eigenvalue weighted by Crippen LogP contribution is 2.43. The molecule has 3 nitrogen and oxygen atoms in total. The number of nitrogens with zero attached hydrogens (tertiary/aromatic N) is 3. The highest BCUT2D eigenvalue weighted by atomic mass is 28.3. The van der Waals surface area contributed by atoms with Crippen LogP contribution in [0.1, 0.15) is 0 Å². The minimum atomic E-state index is -2.64. The Hall–Kier alpha value is -9.74. The van der Waals surface area contributed by atoms with Crippen LogP contribution in [-0.2, 0) is 0 Å². The molecule has 12 aromatic carbocycles. The molecule has 0 amide bonds. The maximum atomic E-state index is 2.46. The van der Waals surface area contributed by atoms with Crippen molar-refractivity contribution in [1.82, 2.24) is 8.97 Å². The van der Waals surface area contributed by atoms with E-state index in [-0.39, 0.29) is 0 Å². The fourth-order valence-corrected chi connectivity index (χ4v) is 17.3. The second kappa shape index (κ2) is 17.7. The van der Waals surface area contributed by atoms with Gasteiger partial charge in [0, 0.05) is 55.1 Å². The largest absolute Gasteiger partial charge is 0.310 e. The normalized spacial score (nSPS) is 11.9. The summed E-state index contributed by atoms with van der Waals surface area (Å²) < 4.78 is 4.83. The zero-order valence-corrected chi connectivity index (χ0v) is 42.6. The van der Waals surface area contributed by atoms with Crippen molar-refractivity contribution < 1.29 is 0 Å². The Morgan fingerprint density at radius 3 is 1.11 bits per heavy atom. The molecule has 0 unspecified atom stereocenters. The summed E-state index contributed by atoms with van der Waals surface area (Å²) in [5.74, 6) is 0. The van der Waals surface area contributed by atoms with E-state index in [4.69, 9.17) is 0 Å². The second-order valence-electron chi connectivity index (χ2n) is 20.0. The molecule has 0 N–H and O–H groups in total. The van der Waals surface area contributed by atoms with Gasteiger partial charge in [-0.15, -0.1) is 0 Å². The zero-order chi connectivity index (χ0) is 50.2. The summed E-state index contributed by atoms with van der Waals surface area (Å²) in [6.45, 7) is 0. The number of hydrogen-bond donors (Lipinski definition) is 0. The van der Waals surface area contributed by atoms with Gasteiger partial charge in [-0.25, -0.2) is 0 Å². The molecule has 0 aliphatic carbocycles. The Morgan fingerprint density at radius 2 is 0.605 bits per heavy atom. The first-order valence-electron chi connectivity index (χ1n) is 26.2. The monoisotopic (exact) mass is 983 g/mol. The van der Waals surface area contributed by atoms with Crippen LogP contribution in [0.25, 0.3) is 87.8 Å². The van der Waals surface area contributed by atoms with Gasteiger partial charge in [0.25, 0.3) is 0 Å². The summed E-state index contributed by atoms with van der Waals surface area (Å²) in [4.78, 5) is 2.41. The lowest BCUT2D eigenvalue weighted by molar-refractivity contribution is 1.18. The molecule has 356 valence electrons. The van der Waals surface area contributed by atoms with E-state index >= 15 is 0 Å². The standard InChI is InChI=1S/C72H49N3Si/c1-4-17-58(18-5-1)76(59-19-6-2-7-20-59,60-21-8-3-9-22-60)61-46-37-53(38-47-61)52-33-41-55(42-34-52)73(57-45-48-71-67(49-57)66-27-16-26-65-64-25-12-15-30-70(64)75(71)72(65)66)54-39-31-50(32-40-54)51-35-43-56(44-36-51)74-68-28-13-10-23-62(68)63-24-11-14-29-69(63)74/h1-49H. The zero-order valence-electron chi connectivity index (χ0n) is 41.6. The summed E-state index contributed by atoms with van der Waals surface area (Å²) in [7, 11) is -2.64. The maximum Gasteiger partial charge on any atom is 0.179 e. The first-order valence-corrected chi connectivity index (χ1v) is 28.2. The van der Waals surface area contributed by atoms with E-state index in [9.17, 15) is 0 Å². The molecular weight excluding hydrogens is 935 g/mol. The third-order valence-corrected chi connectivity index (χ3v) is 20.8. The first-order chi connectivity index (χ1) is 37.7. The molecule has 0 bridgehead atoms. The third kappa shape index (κ3) is 6.81. The molecule has 15 aromatic rings. The number of fused-ring (bicyclic) bond motifs is 9. The van der Waals surface area contributed by atoms with Crippen LogP contribution in [0.2, 0.25) is 0 Å². The maximum absolute atomic E-state index is 2.64. The van der Waals surface area contributed by atoms with E-state index < -0.39 is 8.07 Å². The molecule has 0 atom stereocenters. The topological polar surface area (TPSA) is 12.6 Å². The smallest absolute Gasteiger partial charge is 0.179 e. The van der Waals surface area contributed by atoms with Gasteiger partial charge in [0.2, 0.25) is 0 Å². The van der Waals surface area contributed by atoms with Crippen molar-refractivity contribution in [2.24, 2.45) is 0 Å². The number of hydrogen-bond acceptors (Lipinski definition) is 1. The van der Waals surface area contributed by atoms with Crippen LogP contribution in [0.5, 0.6) is 0 Å². The van der Waals surface area contributed by atoms with E-state index in [1.54, 1.807) is 0 Å². The van der Waals surface area contributed by atoms with Crippen molar-refractivity contribution in [3.8, 4) is 27.9 Å². The van der Waals surface area contributed by atoms with Crippen LogP contribution in [0.3, 0.4) is 0 Å². The molecule has 0 fully saturated rings. The molecule has 3 heterocycles. The predicted molar refractivity (Wildman–Crippen MR) is 325 cm³/mol. The van der Waals surface area contributed by atoms with E-state index in [1.807, 2.05) is 0 Å². The van der Waals surface area contributed by atoms with Crippen molar-refractivity contribution in [1.29, 1.82) is 0 Å². The minimum Gasteiger partial charge on any atom is -0.310 e. The van der Waals surface area contributed by atoms with Gasteiger partial charge in [0.15, 0.2) is 8.07 Å². The Bertz CT molecular complexity index is 4430. The first kappa shape index (κ1) is 43.8. The number of aromatic nitrogens is 2. The Balaban J connectivity index is 0.815. The van der Waals surface area contributed by atoms with Gasteiger partial charge in [-0.3, -0.25) is 0 Å². The highest BCUT2D eigenvalue weighted by molar-refractivity contribution is 7.19. The molecule has 0 aliphatic heterocycles. The summed E-state index contributed by atoms with van der Waals surface area (Å²) >= 11 is 0. The Kier molecular flexibility index (Phi) is 10.2. The van der Waals surface area contributed by atoms with E-state index in [0.717, 1.165) is 22.7 Å². The van der Waals surface area contributed by atoms with Crippen LogP contribution in [0, 0.1) is 0 Å². The average molecular weight is 984 g/mol. The molecule has 0 saturated carbocycles. The van der Waals surface area contributed by atoms with Crippen molar-refractivity contribution in [2.75, 3.05) is 4.90 Å². The quantitative estimate of drug-likeness (QED) is 0.0983. The molecule has 76 heavy (non-hydrogen) atoms. The van der Waals surface area contributed by atoms with Gasteiger partial charge < -0.3 is 13.9 Å². The highest BCUT2D eigenvalue weighted by Gasteiger charge is 2.41. The Morgan fingerprint density at radius 1 is 0.250 bits per heavy atom. The van der Waals surface area contributed by atoms with Gasteiger partial charge in [0.1, 0.15) is 0 Å². The van der Waals surface area contributed by atoms with Crippen LogP contribution in [0.15, 0.2) is 297 Å². The van der Waals surface area contributed by atoms with Crippen molar-refractivity contribution in [3.63, 3.8) is 0 Å². The average Bonchev–Trinajstić information content (AvgIpc) is 4.18. The number of benzene rings is 12. The van der Waals surface area contributed by atoms with Crippen molar-refractivity contribution in [3.05, 3.63) is 297 Å². The fourth-order valence-electron chi connectivity index (χ4n) is 12.6. The molecular formula is C72H49N3Si. The fraction of sp³-hybridized carbons (Fsp3) is 0. The molecule has 0 aliphatic rings. The second-order valence-corrected chi connectivity index (χ2v) is 23.8. The van der Waals surface area contributed by atoms with E-state index in [0.29, 0.717) is 0 Å². The van der Waals surface area contributed by atoms with Gasteiger partial charge in [-0.1, -0.05) is 224 Å². The minimum absolute atomic E-state index is 1.09. The molecule has 0 spiro atoms. The molecule has 15 rings (SSSR count). The van der Waals surface area contributed by atoms with Gasteiger partial charge in [-0.2, -0.15) is 0 Å². The summed E-state index contributed by atoms with van der Waals surface area (Å²) in [6.07, 6.45) is 0. The van der Waals surface area contributed by atoms with Gasteiger partial charge >= 0.3 is 0 Å². The summed E-state index contributed by atoms with van der Waals surface area (Å²) in [6, 6.07) is 110. The van der Waals surface area contributed by atoms with Crippen LogP contribution >= 0.6 is 0 Å². The van der Waals surface area contributed by atoms with Crippen molar-refractivity contribution >= 4 is 106 Å². The van der Waals surface area contributed by atoms with E-state index in [2.05, 4.69) is 311 Å². The lowest BCUT2D eigenvalue weighted by atomic mass is 10.0. The molecule has 3 aromatic heterocycles. The summed E-state index contributed by atoms with van der Waals surface area (Å²) in [5, 5.41) is 13.1. The van der Waals surface area contributed by atoms with Crippen LogP contribution < -0.4 is 25.6 Å². The number of anilines is 3. The van der Waals surface area contributed by atoms with Crippen molar-refractivity contribution in [2.45, 2.75) is 0 Å². The third-order valence-electron chi connectivity index (χ3n) is 16.0. The van der Waals surface area contributed by atoms with Gasteiger partial charge in [0.05, 0.1) is 27.6 Å². The predicted octanol–water partition coefficient (Wildman–Crippen LogP) is 16.1. The number of rotatable bonds is 10. The lowest BCUT2D eigenvalue weighted by Crippen LogP contribution is -2.74. The summed E-state index contributed by atoms with van der Waals surface area (Å²) in [5.41, 5.74) is 15.3. The SMILES string of the molecule is c1ccc([Si](c2ccccc2)(c2ccccc2)c2ccc(-c3ccc(N(c4ccc(-c5ccc(-n6c7ccccc7c7ccccc76)cc5)cc4)c4ccc5c(c4)c4cccc6c7ccccc7n5c64)cc3)cc2)cc1.